The molecule has 0 aromatic heterocycles. The summed E-state index contributed by atoms with van der Waals surface area (Å²) in [5, 5.41) is 9.45. The molecule has 5 heteroatoms. The number of likely N-dealkylation sites (tertiary alicyclic amines) is 1. The number of carboxylic acids is 1. The van der Waals surface area contributed by atoms with Crippen LogP contribution in [0.15, 0.2) is 30.3 Å². The number of nitrogens with zero attached hydrogens (tertiary/aromatic N) is 1. The summed E-state index contributed by atoms with van der Waals surface area (Å²) in [7, 11) is 0. The van der Waals surface area contributed by atoms with Crippen LogP contribution < -0.4 is 0 Å². The molecule has 21 heavy (non-hydrogen) atoms. The molecule has 2 heterocycles. The molecule has 0 saturated carbocycles. The molecule has 1 amide bonds. The zero-order chi connectivity index (χ0) is 14.8. The maximum absolute atomic E-state index is 12.4. The molecule has 1 aromatic rings. The van der Waals surface area contributed by atoms with Gasteiger partial charge in [-0.2, -0.15) is 0 Å². The standard InChI is InChI=1S/C16H19NO4/c18-15(12-6-7-21-10-12)17-8-13(14(9-17)16(19)20)11-4-2-1-3-5-11/h1-5,12-14H,6-10H2,(H,19,20)/t12?,13-,14-/m1/s1. The first-order valence-corrected chi connectivity index (χ1v) is 7.31. The normalized spacial score (nSPS) is 28.8. The molecule has 2 saturated heterocycles. The van der Waals surface area contributed by atoms with E-state index in [1.165, 1.54) is 0 Å². The van der Waals surface area contributed by atoms with Crippen molar-refractivity contribution >= 4 is 11.9 Å². The molecule has 1 unspecified atom stereocenters. The number of carboxylic acid groups (broad SMARTS) is 1. The second kappa shape index (κ2) is 5.85. The third-order valence-electron chi connectivity index (χ3n) is 4.46. The second-order valence-electron chi connectivity index (χ2n) is 5.77. The number of aliphatic carboxylic acids is 1. The zero-order valence-corrected chi connectivity index (χ0v) is 11.8. The number of carbonyl (C=O) groups is 2. The van der Waals surface area contributed by atoms with Crippen molar-refractivity contribution in [1.29, 1.82) is 0 Å². The summed E-state index contributed by atoms with van der Waals surface area (Å²) in [4.78, 5) is 25.7. The van der Waals surface area contributed by atoms with Crippen LogP contribution in [-0.4, -0.2) is 48.2 Å². The van der Waals surface area contributed by atoms with Crippen molar-refractivity contribution < 1.29 is 19.4 Å². The molecular formula is C16H19NO4. The maximum atomic E-state index is 12.4. The topological polar surface area (TPSA) is 66.8 Å². The van der Waals surface area contributed by atoms with Gasteiger partial charge in [0.05, 0.1) is 18.4 Å². The summed E-state index contributed by atoms with van der Waals surface area (Å²) in [6, 6.07) is 9.60. The van der Waals surface area contributed by atoms with Crippen molar-refractivity contribution in [2.45, 2.75) is 12.3 Å². The molecule has 0 bridgehead atoms. The highest BCUT2D eigenvalue weighted by Gasteiger charge is 2.42. The van der Waals surface area contributed by atoms with Gasteiger partial charge in [-0.25, -0.2) is 0 Å². The average Bonchev–Trinajstić information content (AvgIpc) is 3.17. The summed E-state index contributed by atoms with van der Waals surface area (Å²) >= 11 is 0. The van der Waals surface area contributed by atoms with Crippen molar-refractivity contribution in [3.63, 3.8) is 0 Å². The Hall–Kier alpha value is -1.88. The van der Waals surface area contributed by atoms with Gasteiger partial charge in [-0.05, 0) is 12.0 Å². The lowest BCUT2D eigenvalue weighted by molar-refractivity contribution is -0.142. The fourth-order valence-corrected chi connectivity index (χ4v) is 3.26. The van der Waals surface area contributed by atoms with Crippen LogP contribution >= 0.6 is 0 Å². The SMILES string of the molecule is O=C(O)[C@@H]1CN(C(=O)C2CCOC2)C[C@@H]1c1ccccc1. The van der Waals surface area contributed by atoms with Gasteiger partial charge in [0.1, 0.15) is 0 Å². The molecule has 2 aliphatic heterocycles. The molecule has 5 nitrogen and oxygen atoms in total. The van der Waals surface area contributed by atoms with E-state index in [0.717, 1.165) is 12.0 Å². The van der Waals surface area contributed by atoms with E-state index >= 15 is 0 Å². The smallest absolute Gasteiger partial charge is 0.308 e. The van der Waals surface area contributed by atoms with Crippen molar-refractivity contribution in [3.8, 4) is 0 Å². The summed E-state index contributed by atoms with van der Waals surface area (Å²) in [5.74, 6) is -1.55. The van der Waals surface area contributed by atoms with Crippen molar-refractivity contribution in [3.05, 3.63) is 35.9 Å². The van der Waals surface area contributed by atoms with Crippen LogP contribution in [0.3, 0.4) is 0 Å². The summed E-state index contributed by atoms with van der Waals surface area (Å²) in [6.45, 7) is 1.86. The van der Waals surface area contributed by atoms with Crippen LogP contribution in [0.1, 0.15) is 17.9 Å². The van der Waals surface area contributed by atoms with Gasteiger partial charge in [0.25, 0.3) is 0 Å². The van der Waals surface area contributed by atoms with E-state index in [0.29, 0.717) is 26.3 Å². The number of rotatable bonds is 3. The van der Waals surface area contributed by atoms with E-state index in [-0.39, 0.29) is 17.7 Å². The summed E-state index contributed by atoms with van der Waals surface area (Å²) in [6.07, 6.45) is 0.739. The fraction of sp³-hybridized carbons (Fsp3) is 0.500. The predicted molar refractivity (Wildman–Crippen MR) is 75.8 cm³/mol. The molecule has 2 aliphatic rings. The van der Waals surface area contributed by atoms with Crippen molar-refractivity contribution in [1.82, 2.24) is 4.90 Å². The number of hydrogen-bond donors (Lipinski definition) is 1. The number of amides is 1. The lowest BCUT2D eigenvalue weighted by Gasteiger charge is -2.19. The molecule has 3 rings (SSSR count). The Morgan fingerprint density at radius 2 is 1.95 bits per heavy atom. The van der Waals surface area contributed by atoms with E-state index in [1.54, 1.807) is 4.90 Å². The van der Waals surface area contributed by atoms with Crippen LogP contribution in [0.5, 0.6) is 0 Å². The lowest BCUT2D eigenvalue weighted by Crippen LogP contribution is -2.35. The molecule has 2 fully saturated rings. The van der Waals surface area contributed by atoms with Gasteiger partial charge in [0, 0.05) is 25.6 Å². The number of ether oxygens (including phenoxy) is 1. The first-order chi connectivity index (χ1) is 10.2. The van der Waals surface area contributed by atoms with Crippen LogP contribution in [0.25, 0.3) is 0 Å². The van der Waals surface area contributed by atoms with Gasteiger partial charge in [-0.15, -0.1) is 0 Å². The molecule has 0 aliphatic carbocycles. The van der Waals surface area contributed by atoms with Crippen molar-refractivity contribution in [2.24, 2.45) is 11.8 Å². The van der Waals surface area contributed by atoms with Gasteiger partial charge in [-0.3, -0.25) is 9.59 Å². The Morgan fingerprint density at radius 3 is 2.57 bits per heavy atom. The highest BCUT2D eigenvalue weighted by molar-refractivity contribution is 5.81. The first kappa shape index (κ1) is 14.1. The van der Waals surface area contributed by atoms with Gasteiger partial charge in [0.15, 0.2) is 0 Å². The molecule has 3 atom stereocenters. The minimum atomic E-state index is -0.832. The molecule has 1 aromatic carbocycles. The number of carbonyl (C=O) groups excluding carboxylic acids is 1. The van der Waals surface area contributed by atoms with E-state index in [2.05, 4.69) is 0 Å². The largest absolute Gasteiger partial charge is 0.481 e. The van der Waals surface area contributed by atoms with Gasteiger partial charge < -0.3 is 14.7 Å². The summed E-state index contributed by atoms with van der Waals surface area (Å²) in [5.41, 5.74) is 0.989. The Labute approximate surface area is 123 Å². The second-order valence-corrected chi connectivity index (χ2v) is 5.77. The molecule has 112 valence electrons. The Bertz CT molecular complexity index is 524. The molecule has 1 N–H and O–H groups in total. The fourth-order valence-electron chi connectivity index (χ4n) is 3.26. The van der Waals surface area contributed by atoms with E-state index in [1.807, 2.05) is 30.3 Å². The van der Waals surface area contributed by atoms with Crippen LogP contribution in [-0.2, 0) is 14.3 Å². The number of benzene rings is 1. The van der Waals surface area contributed by atoms with Gasteiger partial charge >= 0.3 is 5.97 Å². The third kappa shape index (κ3) is 2.78. The van der Waals surface area contributed by atoms with Crippen LogP contribution in [0.2, 0.25) is 0 Å². The van der Waals surface area contributed by atoms with E-state index in [9.17, 15) is 14.7 Å². The summed E-state index contributed by atoms with van der Waals surface area (Å²) < 4.78 is 5.26. The predicted octanol–water partition coefficient (Wildman–Crippen LogP) is 1.35. The van der Waals surface area contributed by atoms with Gasteiger partial charge in [-0.1, -0.05) is 30.3 Å². The van der Waals surface area contributed by atoms with Crippen LogP contribution in [0, 0.1) is 11.8 Å². The Morgan fingerprint density at radius 1 is 1.19 bits per heavy atom. The van der Waals surface area contributed by atoms with E-state index < -0.39 is 11.9 Å². The van der Waals surface area contributed by atoms with Gasteiger partial charge in [0.2, 0.25) is 5.91 Å². The third-order valence-corrected chi connectivity index (χ3v) is 4.46. The quantitative estimate of drug-likeness (QED) is 0.912. The highest BCUT2D eigenvalue weighted by Crippen LogP contribution is 2.34. The highest BCUT2D eigenvalue weighted by atomic mass is 16.5. The Balaban J connectivity index is 1.78. The maximum Gasteiger partial charge on any atom is 0.308 e. The molecule has 0 spiro atoms. The minimum absolute atomic E-state index is 0.0391. The lowest BCUT2D eigenvalue weighted by atomic mass is 9.89. The zero-order valence-electron chi connectivity index (χ0n) is 11.8. The monoisotopic (exact) mass is 289 g/mol. The first-order valence-electron chi connectivity index (χ1n) is 7.31. The molecular weight excluding hydrogens is 270 g/mol. The number of hydrogen-bond acceptors (Lipinski definition) is 3. The van der Waals surface area contributed by atoms with Crippen molar-refractivity contribution in [2.75, 3.05) is 26.3 Å². The Kier molecular flexibility index (Phi) is 3.92. The molecule has 0 radical (unpaired) electrons. The average molecular weight is 289 g/mol. The van der Waals surface area contributed by atoms with E-state index in [4.69, 9.17) is 4.74 Å². The minimum Gasteiger partial charge on any atom is -0.481 e. The van der Waals surface area contributed by atoms with Crippen LogP contribution in [0.4, 0.5) is 0 Å².